The molecule has 1 N–H and O–H groups in total. The molecular weight excluding hydrogens is 369 g/mol. The maximum absolute atomic E-state index is 14.5. The van der Waals surface area contributed by atoms with Crippen molar-refractivity contribution in [1.29, 1.82) is 0 Å². The fraction of sp³-hybridized carbons (Fsp3) is 0.381. The fourth-order valence-corrected chi connectivity index (χ4v) is 3.93. The highest BCUT2D eigenvalue weighted by Gasteiger charge is 2.49. The molecule has 0 radical (unpaired) electrons. The lowest BCUT2D eigenvalue weighted by Crippen LogP contribution is -2.54. The van der Waals surface area contributed by atoms with Gasteiger partial charge in [-0.3, -0.25) is 4.79 Å². The summed E-state index contributed by atoms with van der Waals surface area (Å²) in [5.74, 6) is -4.44. The van der Waals surface area contributed by atoms with Gasteiger partial charge in [-0.15, -0.1) is 0 Å². The number of nitrogens with zero attached hydrogens (tertiary/aromatic N) is 1. The van der Waals surface area contributed by atoms with Gasteiger partial charge >= 0.3 is 0 Å². The number of carbonyl (C=O) groups excluding carboxylic acids is 1. The van der Waals surface area contributed by atoms with Crippen molar-refractivity contribution in [3.63, 3.8) is 0 Å². The van der Waals surface area contributed by atoms with Crippen molar-refractivity contribution in [1.82, 2.24) is 10.2 Å². The van der Waals surface area contributed by atoms with E-state index in [9.17, 15) is 18.0 Å². The first kappa shape index (κ1) is 19.0. The van der Waals surface area contributed by atoms with Crippen LogP contribution in [0.3, 0.4) is 0 Å². The number of alkyl halides is 2. The van der Waals surface area contributed by atoms with Crippen LogP contribution in [0.15, 0.2) is 48.5 Å². The second kappa shape index (κ2) is 7.56. The van der Waals surface area contributed by atoms with E-state index in [1.165, 1.54) is 17.0 Å². The van der Waals surface area contributed by atoms with Crippen molar-refractivity contribution >= 4 is 5.91 Å². The van der Waals surface area contributed by atoms with E-state index >= 15 is 0 Å². The number of hydrogen-bond donors (Lipinski definition) is 1. The molecule has 0 unspecified atom stereocenters. The second-order valence-electron chi connectivity index (χ2n) is 7.12. The van der Waals surface area contributed by atoms with E-state index in [2.05, 4.69) is 5.32 Å². The number of carbonyl (C=O) groups is 1. The molecule has 2 aliphatic rings. The molecule has 148 valence electrons. The van der Waals surface area contributed by atoms with Crippen LogP contribution in [0, 0.1) is 5.82 Å². The Balaban J connectivity index is 1.74. The summed E-state index contributed by atoms with van der Waals surface area (Å²) < 4.78 is 47.8. The highest BCUT2D eigenvalue weighted by Crippen LogP contribution is 2.37. The molecule has 0 aliphatic carbocycles. The minimum absolute atomic E-state index is 0.0393. The summed E-state index contributed by atoms with van der Waals surface area (Å²) in [6.07, 6.45) is -1.27. The SMILES string of the molecule is O=C([C@H]1OCCNCC1(F)F)N1CCc2ccccc2[C@@H]1c1ccc(F)cc1. The normalized spacial score (nSPS) is 24.3. The predicted molar refractivity (Wildman–Crippen MR) is 97.7 cm³/mol. The zero-order chi connectivity index (χ0) is 19.7. The Morgan fingerprint density at radius 2 is 1.89 bits per heavy atom. The van der Waals surface area contributed by atoms with Crippen LogP contribution >= 0.6 is 0 Å². The molecular formula is C21H21F3N2O2. The van der Waals surface area contributed by atoms with Crippen molar-refractivity contribution in [2.24, 2.45) is 0 Å². The summed E-state index contributed by atoms with van der Waals surface area (Å²) in [5.41, 5.74) is 2.59. The Morgan fingerprint density at radius 1 is 1.14 bits per heavy atom. The van der Waals surface area contributed by atoms with Crippen molar-refractivity contribution in [3.8, 4) is 0 Å². The third-order valence-corrected chi connectivity index (χ3v) is 5.28. The summed E-state index contributed by atoms with van der Waals surface area (Å²) in [6.45, 7) is -0.00244. The first-order chi connectivity index (χ1) is 13.5. The van der Waals surface area contributed by atoms with Gasteiger partial charge in [0.25, 0.3) is 11.8 Å². The lowest BCUT2D eigenvalue weighted by Gasteiger charge is -2.40. The Kier molecular flexibility index (Phi) is 5.12. The number of amides is 1. The number of halogens is 3. The molecule has 7 heteroatoms. The van der Waals surface area contributed by atoms with E-state index in [0.29, 0.717) is 18.5 Å². The minimum Gasteiger partial charge on any atom is -0.361 e. The van der Waals surface area contributed by atoms with Gasteiger partial charge in [-0.2, -0.15) is 0 Å². The third kappa shape index (κ3) is 3.52. The topological polar surface area (TPSA) is 41.6 Å². The standard InChI is InChI=1S/C21H21F3N2O2/c22-16-7-5-15(6-8-16)18-17-4-2-1-3-14(17)9-11-26(18)20(27)19-21(23,24)13-25-10-12-28-19/h1-8,18-19,25H,9-13H2/t18-,19+/m0/s1. The smallest absolute Gasteiger partial charge is 0.294 e. The van der Waals surface area contributed by atoms with Gasteiger partial charge in [-0.25, -0.2) is 13.2 Å². The van der Waals surface area contributed by atoms with Gasteiger partial charge in [0, 0.05) is 13.1 Å². The van der Waals surface area contributed by atoms with Gasteiger partial charge in [-0.1, -0.05) is 36.4 Å². The van der Waals surface area contributed by atoms with E-state index in [4.69, 9.17) is 4.74 Å². The number of rotatable bonds is 2. The van der Waals surface area contributed by atoms with E-state index in [1.54, 1.807) is 12.1 Å². The molecule has 2 aliphatic heterocycles. The zero-order valence-electron chi connectivity index (χ0n) is 15.2. The molecule has 1 fully saturated rings. The molecule has 2 aromatic carbocycles. The van der Waals surface area contributed by atoms with Crippen LogP contribution in [0.2, 0.25) is 0 Å². The Morgan fingerprint density at radius 3 is 2.68 bits per heavy atom. The lowest BCUT2D eigenvalue weighted by molar-refractivity contribution is -0.170. The highest BCUT2D eigenvalue weighted by atomic mass is 19.3. The monoisotopic (exact) mass is 390 g/mol. The lowest BCUT2D eigenvalue weighted by atomic mass is 9.87. The Hall–Kier alpha value is -2.38. The van der Waals surface area contributed by atoms with Crippen LogP contribution in [-0.2, 0) is 16.0 Å². The Bertz CT molecular complexity index is 857. The van der Waals surface area contributed by atoms with Gasteiger partial charge in [0.1, 0.15) is 5.82 Å². The third-order valence-electron chi connectivity index (χ3n) is 5.28. The average Bonchev–Trinajstić information content (AvgIpc) is 2.87. The molecule has 4 nitrogen and oxygen atoms in total. The number of hydrogen-bond acceptors (Lipinski definition) is 3. The zero-order valence-corrected chi connectivity index (χ0v) is 15.2. The molecule has 1 amide bonds. The maximum atomic E-state index is 14.5. The summed E-state index contributed by atoms with van der Waals surface area (Å²) >= 11 is 0. The Labute approximate surface area is 161 Å². The maximum Gasteiger partial charge on any atom is 0.294 e. The van der Waals surface area contributed by atoms with Crippen LogP contribution in [-0.4, -0.2) is 49.1 Å². The van der Waals surface area contributed by atoms with Gasteiger partial charge in [-0.05, 0) is 35.2 Å². The number of nitrogens with one attached hydrogen (secondary N) is 1. The minimum atomic E-state index is -3.31. The summed E-state index contributed by atoms with van der Waals surface area (Å²) in [7, 11) is 0. The van der Waals surface area contributed by atoms with Crippen LogP contribution in [0.5, 0.6) is 0 Å². The quantitative estimate of drug-likeness (QED) is 0.858. The number of benzene rings is 2. The predicted octanol–water partition coefficient (Wildman–Crippen LogP) is 2.92. The van der Waals surface area contributed by atoms with E-state index < -0.39 is 36.3 Å². The number of ether oxygens (including phenoxy) is 1. The molecule has 2 aromatic rings. The first-order valence-corrected chi connectivity index (χ1v) is 9.31. The number of fused-ring (bicyclic) bond motifs is 1. The van der Waals surface area contributed by atoms with Gasteiger partial charge in [0.15, 0.2) is 0 Å². The second-order valence-corrected chi connectivity index (χ2v) is 7.12. The van der Waals surface area contributed by atoms with Gasteiger partial charge < -0.3 is 15.0 Å². The van der Waals surface area contributed by atoms with Crippen LogP contribution in [0.25, 0.3) is 0 Å². The molecule has 0 spiro atoms. The summed E-state index contributed by atoms with van der Waals surface area (Å²) in [5, 5.41) is 2.60. The van der Waals surface area contributed by atoms with Gasteiger partial charge in [0.05, 0.1) is 19.2 Å². The van der Waals surface area contributed by atoms with E-state index in [0.717, 1.165) is 11.1 Å². The molecule has 4 rings (SSSR count). The molecule has 0 saturated carbocycles. The van der Waals surface area contributed by atoms with Crippen molar-refractivity contribution in [2.75, 3.05) is 26.2 Å². The van der Waals surface area contributed by atoms with E-state index in [1.807, 2.05) is 24.3 Å². The molecule has 1 saturated heterocycles. The average molecular weight is 390 g/mol. The fourth-order valence-electron chi connectivity index (χ4n) is 3.93. The first-order valence-electron chi connectivity index (χ1n) is 9.31. The van der Waals surface area contributed by atoms with Crippen molar-refractivity contribution in [3.05, 3.63) is 71.0 Å². The molecule has 0 aromatic heterocycles. The molecule has 28 heavy (non-hydrogen) atoms. The largest absolute Gasteiger partial charge is 0.361 e. The van der Waals surface area contributed by atoms with Crippen LogP contribution in [0.4, 0.5) is 13.2 Å². The molecule has 2 heterocycles. The highest BCUT2D eigenvalue weighted by molar-refractivity contribution is 5.83. The summed E-state index contributed by atoms with van der Waals surface area (Å²) in [4.78, 5) is 14.6. The van der Waals surface area contributed by atoms with Crippen LogP contribution < -0.4 is 5.32 Å². The summed E-state index contributed by atoms with van der Waals surface area (Å²) in [6, 6.07) is 12.9. The van der Waals surface area contributed by atoms with E-state index in [-0.39, 0.29) is 13.2 Å². The molecule has 2 atom stereocenters. The van der Waals surface area contributed by atoms with Crippen LogP contribution in [0.1, 0.15) is 22.7 Å². The van der Waals surface area contributed by atoms with Crippen molar-refractivity contribution in [2.45, 2.75) is 24.5 Å². The molecule has 0 bridgehead atoms. The van der Waals surface area contributed by atoms with Gasteiger partial charge in [0.2, 0.25) is 6.10 Å². The van der Waals surface area contributed by atoms with Crippen molar-refractivity contribution < 1.29 is 22.7 Å².